The number of methoxy groups -OCH3 is 1. The van der Waals surface area contributed by atoms with Crippen LogP contribution in [0.3, 0.4) is 0 Å². The molecule has 3 aromatic rings. The van der Waals surface area contributed by atoms with Crippen molar-refractivity contribution in [1.82, 2.24) is 14.5 Å². The van der Waals surface area contributed by atoms with Gasteiger partial charge in [0.25, 0.3) is 0 Å². The van der Waals surface area contributed by atoms with Crippen molar-refractivity contribution >= 4 is 5.69 Å². The van der Waals surface area contributed by atoms with Crippen molar-refractivity contribution in [3.05, 3.63) is 77.6 Å². The van der Waals surface area contributed by atoms with Gasteiger partial charge in [-0.15, -0.1) is 0 Å². The van der Waals surface area contributed by atoms with Gasteiger partial charge in [0, 0.05) is 57.7 Å². The molecule has 0 saturated carbocycles. The molecule has 1 atom stereocenters. The van der Waals surface area contributed by atoms with Crippen molar-refractivity contribution in [1.29, 1.82) is 0 Å². The minimum absolute atomic E-state index is 0.315. The molecule has 1 unspecified atom stereocenters. The molecular weight excluding hydrogens is 383 g/mol. The van der Waals surface area contributed by atoms with Crippen molar-refractivity contribution in [2.45, 2.75) is 12.6 Å². The molecule has 1 saturated heterocycles. The standard InChI is InChI=1S/C23H27FN4O2/c1-26-11-10-25-23(26)22(29)19-4-3-5-20(24)21(19)28-14-12-27(13-15-28)16-17-6-8-18(30-2)9-7-17/h3-11,22,29H,12-16H2,1-2H3. The van der Waals surface area contributed by atoms with Crippen molar-refractivity contribution in [3.8, 4) is 5.75 Å². The predicted octanol–water partition coefficient (Wildman–Crippen LogP) is 2.97. The molecule has 2 heterocycles. The fraction of sp³-hybridized carbons (Fsp3) is 0.348. The second kappa shape index (κ2) is 8.85. The highest BCUT2D eigenvalue weighted by Crippen LogP contribution is 2.33. The van der Waals surface area contributed by atoms with E-state index in [2.05, 4.69) is 22.0 Å². The van der Waals surface area contributed by atoms with Gasteiger partial charge < -0.3 is 19.3 Å². The fourth-order valence-corrected chi connectivity index (χ4v) is 3.98. The number of anilines is 1. The maximum atomic E-state index is 14.8. The van der Waals surface area contributed by atoms with E-state index in [1.807, 2.05) is 24.1 Å². The number of aromatic nitrogens is 2. The molecule has 7 heteroatoms. The lowest BCUT2D eigenvalue weighted by Gasteiger charge is -2.37. The van der Waals surface area contributed by atoms with E-state index in [-0.39, 0.29) is 5.82 Å². The molecule has 30 heavy (non-hydrogen) atoms. The molecule has 1 fully saturated rings. The minimum Gasteiger partial charge on any atom is -0.497 e. The van der Waals surface area contributed by atoms with Crippen LogP contribution in [-0.2, 0) is 13.6 Å². The van der Waals surface area contributed by atoms with E-state index in [0.29, 0.717) is 30.2 Å². The maximum Gasteiger partial charge on any atom is 0.146 e. The van der Waals surface area contributed by atoms with E-state index in [9.17, 15) is 9.50 Å². The first-order valence-corrected chi connectivity index (χ1v) is 10.1. The smallest absolute Gasteiger partial charge is 0.146 e. The van der Waals surface area contributed by atoms with Crippen LogP contribution in [0.2, 0.25) is 0 Å². The summed E-state index contributed by atoms with van der Waals surface area (Å²) in [4.78, 5) is 8.62. The number of hydrogen-bond acceptors (Lipinski definition) is 5. The molecule has 0 spiro atoms. The van der Waals surface area contributed by atoms with E-state index in [1.165, 1.54) is 11.6 Å². The Morgan fingerprint density at radius 3 is 2.47 bits per heavy atom. The Morgan fingerprint density at radius 1 is 1.10 bits per heavy atom. The quantitative estimate of drug-likeness (QED) is 0.677. The number of benzene rings is 2. The lowest BCUT2D eigenvalue weighted by molar-refractivity contribution is 0.205. The Morgan fingerprint density at radius 2 is 1.83 bits per heavy atom. The Balaban J connectivity index is 1.47. The van der Waals surface area contributed by atoms with Gasteiger partial charge in [-0.25, -0.2) is 9.37 Å². The normalized spacial score (nSPS) is 15.9. The third-order valence-electron chi connectivity index (χ3n) is 5.67. The number of hydrogen-bond donors (Lipinski definition) is 1. The molecular formula is C23H27FN4O2. The van der Waals surface area contributed by atoms with Gasteiger partial charge in [-0.05, 0) is 23.8 Å². The topological polar surface area (TPSA) is 53.8 Å². The molecule has 0 amide bonds. The summed E-state index contributed by atoms with van der Waals surface area (Å²) in [5.74, 6) is 1.03. The van der Waals surface area contributed by atoms with Crippen LogP contribution in [0.1, 0.15) is 23.1 Å². The number of nitrogens with zero attached hydrogens (tertiary/aromatic N) is 4. The average molecular weight is 410 g/mol. The summed E-state index contributed by atoms with van der Waals surface area (Å²) in [6.45, 7) is 3.86. The zero-order valence-electron chi connectivity index (χ0n) is 17.3. The largest absolute Gasteiger partial charge is 0.497 e. The highest BCUT2D eigenvalue weighted by molar-refractivity contribution is 5.57. The molecule has 0 bridgehead atoms. The number of imidazole rings is 1. The molecule has 0 aliphatic carbocycles. The fourth-order valence-electron chi connectivity index (χ4n) is 3.98. The summed E-state index contributed by atoms with van der Waals surface area (Å²) in [7, 11) is 3.48. The predicted molar refractivity (Wildman–Crippen MR) is 114 cm³/mol. The van der Waals surface area contributed by atoms with Gasteiger partial charge in [0.2, 0.25) is 0 Å². The van der Waals surface area contributed by atoms with E-state index >= 15 is 0 Å². The first-order valence-electron chi connectivity index (χ1n) is 10.1. The minimum atomic E-state index is -0.979. The zero-order valence-corrected chi connectivity index (χ0v) is 17.3. The number of rotatable bonds is 6. The van der Waals surface area contributed by atoms with Gasteiger partial charge in [-0.2, -0.15) is 0 Å². The Labute approximate surface area is 176 Å². The van der Waals surface area contributed by atoms with Crippen LogP contribution in [0.25, 0.3) is 0 Å². The average Bonchev–Trinajstić information content (AvgIpc) is 3.20. The molecule has 2 aromatic carbocycles. The molecule has 0 radical (unpaired) electrons. The molecule has 1 aromatic heterocycles. The third kappa shape index (κ3) is 4.17. The Bertz CT molecular complexity index is 981. The summed E-state index contributed by atoms with van der Waals surface area (Å²) in [6, 6.07) is 13.0. The second-order valence-electron chi connectivity index (χ2n) is 7.59. The zero-order chi connectivity index (χ0) is 21.1. The lowest BCUT2D eigenvalue weighted by Crippen LogP contribution is -2.46. The number of halogens is 1. The molecule has 4 rings (SSSR count). The van der Waals surface area contributed by atoms with Crippen LogP contribution in [-0.4, -0.2) is 52.8 Å². The van der Waals surface area contributed by atoms with Crippen LogP contribution in [0, 0.1) is 5.82 Å². The van der Waals surface area contributed by atoms with E-state index in [1.54, 1.807) is 36.2 Å². The van der Waals surface area contributed by atoms with Crippen molar-refractivity contribution in [3.63, 3.8) is 0 Å². The number of aryl methyl sites for hydroxylation is 1. The highest BCUT2D eigenvalue weighted by Gasteiger charge is 2.26. The summed E-state index contributed by atoms with van der Waals surface area (Å²) in [5, 5.41) is 10.9. The van der Waals surface area contributed by atoms with E-state index in [0.717, 1.165) is 25.4 Å². The van der Waals surface area contributed by atoms with Crippen LogP contribution in [0.5, 0.6) is 5.75 Å². The second-order valence-corrected chi connectivity index (χ2v) is 7.59. The highest BCUT2D eigenvalue weighted by atomic mass is 19.1. The Hall–Kier alpha value is -2.90. The van der Waals surface area contributed by atoms with Gasteiger partial charge in [0.15, 0.2) is 0 Å². The van der Waals surface area contributed by atoms with Crippen LogP contribution in [0.15, 0.2) is 54.9 Å². The van der Waals surface area contributed by atoms with Crippen LogP contribution < -0.4 is 9.64 Å². The third-order valence-corrected chi connectivity index (χ3v) is 5.67. The van der Waals surface area contributed by atoms with Crippen molar-refractivity contribution in [2.24, 2.45) is 7.05 Å². The first kappa shape index (κ1) is 20.4. The van der Waals surface area contributed by atoms with Crippen LogP contribution in [0.4, 0.5) is 10.1 Å². The summed E-state index contributed by atoms with van der Waals surface area (Å²) in [6.07, 6.45) is 2.43. The molecule has 1 aliphatic rings. The summed E-state index contributed by atoms with van der Waals surface area (Å²) < 4.78 is 21.8. The SMILES string of the molecule is COc1ccc(CN2CCN(c3c(F)cccc3C(O)c3nccn3C)CC2)cc1. The molecule has 158 valence electrons. The molecule has 1 aliphatic heterocycles. The summed E-state index contributed by atoms with van der Waals surface area (Å²) >= 11 is 0. The Kier molecular flexibility index (Phi) is 6.01. The van der Waals surface area contributed by atoms with Gasteiger partial charge in [-0.3, -0.25) is 4.90 Å². The monoisotopic (exact) mass is 410 g/mol. The number of para-hydroxylation sites is 1. The van der Waals surface area contributed by atoms with Gasteiger partial charge >= 0.3 is 0 Å². The van der Waals surface area contributed by atoms with Gasteiger partial charge in [0.1, 0.15) is 23.5 Å². The number of aliphatic hydroxyl groups is 1. The van der Waals surface area contributed by atoms with Crippen LogP contribution >= 0.6 is 0 Å². The van der Waals surface area contributed by atoms with E-state index in [4.69, 9.17) is 4.74 Å². The lowest BCUT2D eigenvalue weighted by atomic mass is 10.0. The molecule has 1 N–H and O–H groups in total. The van der Waals surface area contributed by atoms with Gasteiger partial charge in [0.05, 0.1) is 12.8 Å². The maximum absolute atomic E-state index is 14.8. The van der Waals surface area contributed by atoms with Gasteiger partial charge in [-0.1, -0.05) is 24.3 Å². The number of piperazine rings is 1. The number of aliphatic hydroxyl groups excluding tert-OH is 1. The van der Waals surface area contributed by atoms with Crippen molar-refractivity contribution < 1.29 is 14.2 Å². The number of ether oxygens (including phenoxy) is 1. The van der Waals surface area contributed by atoms with E-state index < -0.39 is 6.10 Å². The summed E-state index contributed by atoms with van der Waals surface area (Å²) in [5.41, 5.74) is 2.24. The first-order chi connectivity index (χ1) is 14.6. The van der Waals surface area contributed by atoms with Crippen molar-refractivity contribution in [2.75, 3.05) is 38.2 Å². The molecule has 6 nitrogen and oxygen atoms in total.